The number of benzene rings is 1. The van der Waals surface area contributed by atoms with E-state index in [-0.39, 0.29) is 36.5 Å². The minimum atomic E-state index is -0.306. The number of nitrogens with zero attached hydrogens (tertiary/aromatic N) is 1. The molecule has 2 aliphatic rings. The van der Waals surface area contributed by atoms with E-state index in [9.17, 15) is 9.59 Å². The second-order valence-corrected chi connectivity index (χ2v) is 6.04. The van der Waals surface area contributed by atoms with Gasteiger partial charge < -0.3 is 14.4 Å². The number of carbonyl (C=O) groups is 2. The fourth-order valence-electron chi connectivity index (χ4n) is 3.49. The van der Waals surface area contributed by atoms with Gasteiger partial charge in [-0.1, -0.05) is 42.5 Å². The van der Waals surface area contributed by atoms with E-state index in [0.29, 0.717) is 13.0 Å². The van der Waals surface area contributed by atoms with Crippen molar-refractivity contribution in [1.29, 1.82) is 0 Å². The first-order chi connectivity index (χ1) is 11.2. The normalized spacial score (nSPS) is 25.3. The van der Waals surface area contributed by atoms with Crippen LogP contribution in [0.25, 0.3) is 0 Å². The molecule has 5 nitrogen and oxygen atoms in total. The quantitative estimate of drug-likeness (QED) is 0.633. The smallest absolute Gasteiger partial charge is 0.410 e. The number of carbonyl (C=O) groups excluding carboxylic acids is 2. The number of rotatable bonds is 4. The molecule has 0 saturated carbocycles. The molecule has 23 heavy (non-hydrogen) atoms. The number of likely N-dealkylation sites (tertiary alicyclic amines) is 1. The Labute approximate surface area is 135 Å². The zero-order valence-corrected chi connectivity index (χ0v) is 13.2. The molecule has 1 aromatic rings. The lowest BCUT2D eigenvalue weighted by Crippen LogP contribution is -2.36. The summed E-state index contributed by atoms with van der Waals surface area (Å²) in [7, 11) is 1.39. The highest BCUT2D eigenvalue weighted by Gasteiger charge is 2.45. The largest absolute Gasteiger partial charge is 0.469 e. The lowest BCUT2D eigenvalue weighted by molar-refractivity contribution is -0.141. The lowest BCUT2D eigenvalue weighted by atomic mass is 9.91. The predicted octanol–water partition coefficient (Wildman–Crippen LogP) is 2.76. The fraction of sp³-hybridized carbons (Fsp3) is 0.444. The van der Waals surface area contributed by atoms with Gasteiger partial charge in [0.1, 0.15) is 6.61 Å². The van der Waals surface area contributed by atoms with Gasteiger partial charge in [0.05, 0.1) is 13.5 Å². The van der Waals surface area contributed by atoms with Gasteiger partial charge >= 0.3 is 12.1 Å². The van der Waals surface area contributed by atoms with Crippen LogP contribution in [-0.2, 0) is 20.9 Å². The van der Waals surface area contributed by atoms with Gasteiger partial charge in [-0.05, 0) is 17.9 Å². The van der Waals surface area contributed by atoms with Crippen LogP contribution in [0.15, 0.2) is 42.5 Å². The van der Waals surface area contributed by atoms with Crippen molar-refractivity contribution in [1.82, 2.24) is 4.90 Å². The van der Waals surface area contributed by atoms with E-state index in [1.54, 1.807) is 4.90 Å². The first kappa shape index (κ1) is 15.6. The summed E-state index contributed by atoms with van der Waals surface area (Å²) in [5, 5.41) is 0. The van der Waals surface area contributed by atoms with E-state index < -0.39 is 0 Å². The van der Waals surface area contributed by atoms with Gasteiger partial charge in [-0.15, -0.1) is 0 Å². The molecule has 1 aliphatic carbocycles. The Morgan fingerprint density at radius 3 is 2.78 bits per heavy atom. The summed E-state index contributed by atoms with van der Waals surface area (Å²) in [5.41, 5.74) is 0.965. The third kappa shape index (κ3) is 3.38. The number of ether oxygens (including phenoxy) is 2. The maximum atomic E-state index is 12.4. The summed E-state index contributed by atoms with van der Waals surface area (Å²) < 4.78 is 10.2. The van der Waals surface area contributed by atoms with Gasteiger partial charge in [-0.2, -0.15) is 0 Å². The van der Waals surface area contributed by atoms with E-state index >= 15 is 0 Å². The van der Waals surface area contributed by atoms with E-state index in [2.05, 4.69) is 12.2 Å². The van der Waals surface area contributed by atoms with Crippen molar-refractivity contribution < 1.29 is 19.1 Å². The van der Waals surface area contributed by atoms with Gasteiger partial charge in [0.25, 0.3) is 0 Å². The van der Waals surface area contributed by atoms with Crippen LogP contribution >= 0.6 is 0 Å². The monoisotopic (exact) mass is 315 g/mol. The highest BCUT2D eigenvalue weighted by Crippen LogP contribution is 2.39. The summed E-state index contributed by atoms with van der Waals surface area (Å²) >= 11 is 0. The predicted molar refractivity (Wildman–Crippen MR) is 84.5 cm³/mol. The Balaban J connectivity index is 1.61. The molecule has 1 saturated heterocycles. The van der Waals surface area contributed by atoms with Crippen molar-refractivity contribution in [2.45, 2.75) is 25.5 Å². The Kier molecular flexibility index (Phi) is 4.65. The van der Waals surface area contributed by atoms with Crippen LogP contribution in [-0.4, -0.2) is 36.7 Å². The van der Waals surface area contributed by atoms with Gasteiger partial charge in [-0.25, -0.2) is 4.79 Å². The molecule has 1 aliphatic heterocycles. The molecule has 0 aromatic heterocycles. The highest BCUT2D eigenvalue weighted by molar-refractivity contribution is 5.71. The topological polar surface area (TPSA) is 55.8 Å². The van der Waals surface area contributed by atoms with Gasteiger partial charge in [0.2, 0.25) is 0 Å². The first-order valence-electron chi connectivity index (χ1n) is 7.90. The number of esters is 1. The van der Waals surface area contributed by atoms with E-state index in [4.69, 9.17) is 9.47 Å². The Hall–Kier alpha value is -2.30. The molecule has 1 aromatic carbocycles. The molecule has 3 atom stereocenters. The third-order valence-electron chi connectivity index (χ3n) is 4.65. The molecule has 3 rings (SSSR count). The molecule has 0 bridgehead atoms. The zero-order valence-electron chi connectivity index (χ0n) is 13.2. The number of methoxy groups -OCH3 is 1. The Morgan fingerprint density at radius 2 is 2.04 bits per heavy atom. The SMILES string of the molecule is COC(=O)C[C@H]1CN(C(=O)OCc2ccccc2)[C@H]2CC=C[C@@H]12. The molecular formula is C18H21NO4. The maximum absolute atomic E-state index is 12.4. The van der Waals surface area contributed by atoms with Crippen LogP contribution in [0.1, 0.15) is 18.4 Å². The Morgan fingerprint density at radius 1 is 1.26 bits per heavy atom. The van der Waals surface area contributed by atoms with Crippen LogP contribution in [0.5, 0.6) is 0 Å². The first-order valence-corrected chi connectivity index (χ1v) is 7.90. The summed E-state index contributed by atoms with van der Waals surface area (Å²) in [5.74, 6) is 0.0994. The average molecular weight is 315 g/mol. The van der Waals surface area contributed by atoms with E-state index in [0.717, 1.165) is 12.0 Å². The maximum Gasteiger partial charge on any atom is 0.410 e. The molecular weight excluding hydrogens is 294 g/mol. The molecule has 122 valence electrons. The van der Waals surface area contributed by atoms with Crippen molar-refractivity contribution in [3.05, 3.63) is 48.0 Å². The summed E-state index contributed by atoms with van der Waals surface area (Å²) in [4.78, 5) is 25.7. The van der Waals surface area contributed by atoms with Crippen molar-refractivity contribution in [3.8, 4) is 0 Å². The van der Waals surface area contributed by atoms with Gasteiger partial charge in [-0.3, -0.25) is 4.79 Å². The van der Waals surface area contributed by atoms with E-state index in [1.165, 1.54) is 7.11 Å². The van der Waals surface area contributed by atoms with Crippen LogP contribution in [0.2, 0.25) is 0 Å². The molecule has 0 N–H and O–H groups in total. The molecule has 1 fully saturated rings. The average Bonchev–Trinajstić information content (AvgIpc) is 3.17. The molecule has 0 radical (unpaired) electrons. The molecule has 5 heteroatoms. The minimum absolute atomic E-state index is 0.105. The van der Waals surface area contributed by atoms with Crippen LogP contribution in [0.4, 0.5) is 4.79 Å². The van der Waals surface area contributed by atoms with Crippen LogP contribution in [0, 0.1) is 11.8 Å². The summed E-state index contributed by atoms with van der Waals surface area (Å²) in [6, 6.07) is 9.73. The fourth-order valence-corrected chi connectivity index (χ4v) is 3.49. The summed E-state index contributed by atoms with van der Waals surface area (Å²) in [6.45, 7) is 0.811. The van der Waals surface area contributed by atoms with Gasteiger partial charge in [0, 0.05) is 18.5 Å². The van der Waals surface area contributed by atoms with Crippen molar-refractivity contribution >= 4 is 12.1 Å². The van der Waals surface area contributed by atoms with Crippen LogP contribution < -0.4 is 0 Å². The van der Waals surface area contributed by atoms with E-state index in [1.807, 2.05) is 30.3 Å². The Bertz CT molecular complexity index is 598. The zero-order chi connectivity index (χ0) is 16.2. The lowest BCUT2D eigenvalue weighted by Gasteiger charge is -2.23. The number of hydrogen-bond acceptors (Lipinski definition) is 4. The van der Waals surface area contributed by atoms with Crippen molar-refractivity contribution in [2.75, 3.05) is 13.7 Å². The molecule has 1 heterocycles. The minimum Gasteiger partial charge on any atom is -0.469 e. The van der Waals surface area contributed by atoms with Gasteiger partial charge in [0.15, 0.2) is 0 Å². The highest BCUT2D eigenvalue weighted by atomic mass is 16.6. The second-order valence-electron chi connectivity index (χ2n) is 6.04. The summed E-state index contributed by atoms with van der Waals surface area (Å²) in [6.07, 6.45) is 5.05. The molecule has 0 spiro atoms. The van der Waals surface area contributed by atoms with Crippen molar-refractivity contribution in [2.24, 2.45) is 11.8 Å². The second kappa shape index (κ2) is 6.86. The van der Waals surface area contributed by atoms with Crippen molar-refractivity contribution in [3.63, 3.8) is 0 Å². The number of hydrogen-bond donors (Lipinski definition) is 0. The molecule has 0 unspecified atom stereocenters. The third-order valence-corrected chi connectivity index (χ3v) is 4.65. The van der Waals surface area contributed by atoms with Crippen LogP contribution in [0.3, 0.4) is 0 Å². The number of amides is 1. The standard InChI is InChI=1S/C18H21NO4/c1-22-17(20)10-14-11-19(16-9-5-8-15(14)16)18(21)23-12-13-6-3-2-4-7-13/h2-8,14-16H,9-12H2,1H3/t14-,15-,16-/m0/s1. The molecule has 1 amide bonds. The number of fused-ring (bicyclic) bond motifs is 1.